The van der Waals surface area contributed by atoms with E-state index in [0.29, 0.717) is 12.3 Å². The van der Waals surface area contributed by atoms with Crippen molar-refractivity contribution in [1.29, 1.82) is 0 Å². The highest BCUT2D eigenvalue weighted by Gasteiger charge is 2.05. The van der Waals surface area contributed by atoms with Crippen LogP contribution >= 0.6 is 0 Å². The molecule has 0 aromatic heterocycles. The second kappa shape index (κ2) is 7.17. The van der Waals surface area contributed by atoms with Crippen molar-refractivity contribution in [2.75, 3.05) is 13.6 Å². The molecule has 3 nitrogen and oxygen atoms in total. The highest BCUT2D eigenvalue weighted by molar-refractivity contribution is 5.64. The maximum atomic E-state index is 10.3. The molecule has 0 saturated carbocycles. The normalized spacial score (nSPS) is 12.7. The smallest absolute Gasteiger partial charge is 0.103 e. The number of aliphatic carboxylic acids is 1. The van der Waals surface area contributed by atoms with Crippen molar-refractivity contribution in [2.45, 2.75) is 39.2 Å². The molecular formula is C15H23NO2. The predicted octanol–water partition coefficient (Wildman–Crippen LogP) is 0.355. The maximum absolute atomic E-state index is 10.3. The van der Waals surface area contributed by atoms with Crippen LogP contribution in [0.2, 0.25) is 0 Å². The molecule has 100 valence electrons. The SMILES string of the molecule is CC(C)c1ccc(C[NH+](C)CCCC(=O)[O-])cc1. The summed E-state index contributed by atoms with van der Waals surface area (Å²) in [5.74, 6) is -0.392. The molecule has 0 radical (unpaired) electrons. The summed E-state index contributed by atoms with van der Waals surface area (Å²) in [5.41, 5.74) is 2.65. The summed E-state index contributed by atoms with van der Waals surface area (Å²) in [6, 6.07) is 8.68. The largest absolute Gasteiger partial charge is 0.550 e. The van der Waals surface area contributed by atoms with Gasteiger partial charge in [-0.1, -0.05) is 38.1 Å². The third-order valence-electron chi connectivity index (χ3n) is 3.14. The van der Waals surface area contributed by atoms with Crippen LogP contribution in [0.4, 0.5) is 0 Å². The van der Waals surface area contributed by atoms with E-state index in [2.05, 4.69) is 45.2 Å². The quantitative estimate of drug-likeness (QED) is 0.758. The second-order valence-electron chi connectivity index (χ2n) is 5.26. The van der Waals surface area contributed by atoms with E-state index < -0.39 is 5.97 Å². The average Bonchev–Trinajstić information content (AvgIpc) is 2.29. The Balaban J connectivity index is 2.39. The van der Waals surface area contributed by atoms with Crippen LogP contribution < -0.4 is 10.0 Å². The van der Waals surface area contributed by atoms with Gasteiger partial charge in [-0.3, -0.25) is 0 Å². The van der Waals surface area contributed by atoms with Crippen molar-refractivity contribution in [3.63, 3.8) is 0 Å². The maximum Gasteiger partial charge on any atom is 0.103 e. The Morgan fingerprint density at radius 2 is 1.89 bits per heavy atom. The topological polar surface area (TPSA) is 44.6 Å². The molecule has 0 saturated heterocycles. The summed E-state index contributed by atoms with van der Waals surface area (Å²) >= 11 is 0. The lowest BCUT2D eigenvalue weighted by atomic mass is 10.0. The van der Waals surface area contributed by atoms with Gasteiger partial charge in [-0.25, -0.2) is 0 Å². The third-order valence-corrected chi connectivity index (χ3v) is 3.14. The lowest BCUT2D eigenvalue weighted by molar-refractivity contribution is -0.893. The molecule has 3 heteroatoms. The Morgan fingerprint density at radius 3 is 2.39 bits per heavy atom. The molecule has 0 fully saturated rings. The number of carbonyl (C=O) groups is 1. The summed E-state index contributed by atoms with van der Waals surface area (Å²) in [6.45, 7) is 6.17. The molecule has 1 rings (SSSR count). The van der Waals surface area contributed by atoms with Gasteiger partial charge in [0.2, 0.25) is 0 Å². The first-order chi connectivity index (χ1) is 8.49. The van der Waals surface area contributed by atoms with Gasteiger partial charge in [0.15, 0.2) is 0 Å². The van der Waals surface area contributed by atoms with Gasteiger partial charge in [0.25, 0.3) is 0 Å². The lowest BCUT2D eigenvalue weighted by Gasteiger charge is -2.14. The predicted molar refractivity (Wildman–Crippen MR) is 70.2 cm³/mol. The number of quaternary nitrogens is 1. The van der Waals surface area contributed by atoms with Gasteiger partial charge in [-0.2, -0.15) is 0 Å². The van der Waals surface area contributed by atoms with E-state index in [-0.39, 0.29) is 6.42 Å². The van der Waals surface area contributed by atoms with E-state index in [1.807, 2.05) is 0 Å². The van der Waals surface area contributed by atoms with Crippen LogP contribution in [0.5, 0.6) is 0 Å². The number of hydrogen-bond donors (Lipinski definition) is 1. The first kappa shape index (κ1) is 14.7. The second-order valence-corrected chi connectivity index (χ2v) is 5.26. The molecule has 1 N–H and O–H groups in total. The highest BCUT2D eigenvalue weighted by Crippen LogP contribution is 2.14. The van der Waals surface area contributed by atoms with E-state index in [1.54, 1.807) is 0 Å². The van der Waals surface area contributed by atoms with Crippen LogP contribution in [0.25, 0.3) is 0 Å². The molecule has 0 aliphatic carbocycles. The molecule has 0 aliphatic rings. The number of benzene rings is 1. The Labute approximate surface area is 109 Å². The van der Waals surface area contributed by atoms with Crippen LogP contribution in [-0.2, 0) is 11.3 Å². The van der Waals surface area contributed by atoms with Gasteiger partial charge >= 0.3 is 0 Å². The number of rotatable bonds is 7. The third kappa shape index (κ3) is 5.32. The minimum absolute atomic E-state index is 0.156. The average molecular weight is 249 g/mol. The molecule has 1 aromatic rings. The minimum Gasteiger partial charge on any atom is -0.550 e. The van der Waals surface area contributed by atoms with Gasteiger partial charge in [0, 0.05) is 18.0 Å². The van der Waals surface area contributed by atoms with Crippen LogP contribution in [0.15, 0.2) is 24.3 Å². The summed E-state index contributed by atoms with van der Waals surface area (Å²) in [4.78, 5) is 11.6. The van der Waals surface area contributed by atoms with Crippen molar-refractivity contribution < 1.29 is 14.8 Å². The molecule has 0 aliphatic heterocycles. The molecule has 0 spiro atoms. The molecule has 1 aromatic carbocycles. The standard InChI is InChI=1S/C15H23NO2/c1-12(2)14-8-6-13(7-9-14)11-16(3)10-4-5-15(17)18/h6-9,12H,4-5,10-11H2,1-3H3,(H,17,18). The minimum atomic E-state index is -0.955. The zero-order valence-corrected chi connectivity index (χ0v) is 11.5. The number of hydrogen-bond acceptors (Lipinski definition) is 2. The fraction of sp³-hybridized carbons (Fsp3) is 0.533. The van der Waals surface area contributed by atoms with Gasteiger partial charge in [-0.15, -0.1) is 0 Å². The van der Waals surface area contributed by atoms with Crippen molar-refractivity contribution >= 4 is 5.97 Å². The van der Waals surface area contributed by atoms with Gasteiger partial charge < -0.3 is 14.8 Å². The van der Waals surface area contributed by atoms with Crippen molar-refractivity contribution in [2.24, 2.45) is 0 Å². The number of carboxylic acids is 1. The number of carbonyl (C=O) groups excluding carboxylic acids is 1. The summed E-state index contributed by atoms with van der Waals surface area (Å²) < 4.78 is 0. The molecule has 1 atom stereocenters. The van der Waals surface area contributed by atoms with Crippen LogP contribution in [0.1, 0.15) is 43.7 Å². The van der Waals surface area contributed by atoms with E-state index in [9.17, 15) is 9.90 Å². The molecule has 1 unspecified atom stereocenters. The zero-order valence-electron chi connectivity index (χ0n) is 11.5. The van der Waals surface area contributed by atoms with Crippen molar-refractivity contribution in [3.8, 4) is 0 Å². The molecule has 0 bridgehead atoms. The Bertz CT molecular complexity index is 371. The first-order valence-corrected chi connectivity index (χ1v) is 6.59. The Kier molecular flexibility index (Phi) is 5.86. The molecule has 0 heterocycles. The summed E-state index contributed by atoms with van der Waals surface area (Å²) in [7, 11) is 2.09. The molecular weight excluding hydrogens is 226 g/mol. The lowest BCUT2D eigenvalue weighted by Crippen LogP contribution is -3.07. The summed E-state index contributed by atoms with van der Waals surface area (Å²) in [6.07, 6.45) is 0.835. The van der Waals surface area contributed by atoms with Crippen molar-refractivity contribution in [1.82, 2.24) is 0 Å². The zero-order chi connectivity index (χ0) is 13.5. The van der Waals surface area contributed by atoms with Gasteiger partial charge in [0.05, 0.1) is 13.6 Å². The fourth-order valence-electron chi connectivity index (χ4n) is 1.99. The van der Waals surface area contributed by atoms with E-state index in [1.165, 1.54) is 16.0 Å². The Morgan fingerprint density at radius 1 is 1.28 bits per heavy atom. The molecule has 18 heavy (non-hydrogen) atoms. The van der Waals surface area contributed by atoms with Crippen LogP contribution in [0.3, 0.4) is 0 Å². The van der Waals surface area contributed by atoms with E-state index >= 15 is 0 Å². The van der Waals surface area contributed by atoms with Crippen LogP contribution in [-0.4, -0.2) is 19.6 Å². The van der Waals surface area contributed by atoms with Gasteiger partial charge in [-0.05, 0) is 17.9 Å². The Hall–Kier alpha value is -1.35. The van der Waals surface area contributed by atoms with Crippen molar-refractivity contribution in [3.05, 3.63) is 35.4 Å². The van der Waals surface area contributed by atoms with E-state index in [4.69, 9.17) is 0 Å². The number of nitrogens with one attached hydrogen (secondary N) is 1. The van der Waals surface area contributed by atoms with E-state index in [0.717, 1.165) is 13.1 Å². The monoisotopic (exact) mass is 249 g/mol. The molecule has 0 amide bonds. The number of carboxylic acid groups (broad SMARTS) is 1. The summed E-state index contributed by atoms with van der Waals surface area (Å²) in [5, 5.41) is 10.3. The fourth-order valence-corrected chi connectivity index (χ4v) is 1.99. The first-order valence-electron chi connectivity index (χ1n) is 6.59. The van der Waals surface area contributed by atoms with Crippen LogP contribution in [0, 0.1) is 0 Å². The highest BCUT2D eigenvalue weighted by atomic mass is 16.4. The van der Waals surface area contributed by atoms with Gasteiger partial charge in [0.1, 0.15) is 6.54 Å².